The Bertz CT molecular complexity index is 6710. The van der Waals surface area contributed by atoms with Crippen molar-refractivity contribution in [1.29, 1.82) is 0 Å². The molecule has 0 spiro atoms. The number of benzene rings is 15. The average molecular weight is 1380 g/mol. The van der Waals surface area contributed by atoms with Gasteiger partial charge in [-0.25, -0.2) is 15.0 Å². The summed E-state index contributed by atoms with van der Waals surface area (Å²) < 4.78 is 14.5. The summed E-state index contributed by atoms with van der Waals surface area (Å²) in [6.45, 7) is 0. The summed E-state index contributed by atoms with van der Waals surface area (Å²) in [5.41, 5.74) is 24.1. The summed E-state index contributed by atoms with van der Waals surface area (Å²) in [5.74, 6) is 2.15. The van der Waals surface area contributed by atoms with Crippen molar-refractivity contribution in [1.82, 2.24) is 42.4 Å². The maximum atomic E-state index is 6.11. The van der Waals surface area contributed by atoms with Crippen LogP contribution in [0, 0.1) is 0 Å². The van der Waals surface area contributed by atoms with Crippen molar-refractivity contribution < 1.29 is 0 Å². The van der Waals surface area contributed by atoms with Gasteiger partial charge in [-0.1, -0.05) is 224 Å². The molecule has 0 unspecified atom stereocenters. The number of nitrogens with zero attached hydrogens (tertiary/aromatic N) is 9. The molecule has 9 heteroatoms. The molecule has 8 aromatic heterocycles. The van der Waals surface area contributed by atoms with Crippen LogP contribution in [0.25, 0.3) is 210 Å². The van der Waals surface area contributed by atoms with E-state index in [0.29, 0.717) is 5.82 Å². The van der Waals surface area contributed by atoms with Crippen molar-refractivity contribution >= 4 is 131 Å². The van der Waals surface area contributed by atoms with Gasteiger partial charge < -0.3 is 18.3 Å². The maximum absolute atomic E-state index is 6.11. The van der Waals surface area contributed by atoms with Gasteiger partial charge in [0.25, 0.3) is 0 Å². The Morgan fingerprint density at radius 2 is 0.398 bits per heavy atom. The first-order valence-corrected chi connectivity index (χ1v) is 36.8. The van der Waals surface area contributed by atoms with Gasteiger partial charge in [-0.3, -0.25) is 9.13 Å². The van der Waals surface area contributed by atoms with E-state index in [1.807, 2.05) is 12.1 Å². The van der Waals surface area contributed by atoms with E-state index in [9.17, 15) is 0 Å². The predicted octanol–water partition coefficient (Wildman–Crippen LogP) is 25.1. The monoisotopic (exact) mass is 1380 g/mol. The molecule has 0 aliphatic heterocycles. The molecular weight excluding hydrogens is 1320 g/mol. The molecule has 8 heterocycles. The summed E-state index contributed by atoms with van der Waals surface area (Å²) in [5, 5.41) is 14.1. The van der Waals surface area contributed by atoms with Crippen LogP contribution in [0.15, 0.2) is 370 Å². The highest BCUT2D eigenvalue weighted by Gasteiger charge is 2.25. The maximum Gasteiger partial charge on any atom is 0.160 e. The molecule has 0 N–H and O–H groups in total. The molecule has 0 amide bonds. The van der Waals surface area contributed by atoms with Gasteiger partial charge in [-0.15, -0.1) is 0 Å². The molecule has 0 atom stereocenters. The Labute approximate surface area is 618 Å². The predicted molar refractivity (Wildman–Crippen MR) is 448 cm³/mol. The fourth-order valence-corrected chi connectivity index (χ4v) is 17.7. The van der Waals surface area contributed by atoms with Gasteiger partial charge in [0, 0.05) is 104 Å². The van der Waals surface area contributed by atoms with Gasteiger partial charge in [-0.2, -0.15) is 0 Å². The van der Waals surface area contributed by atoms with E-state index < -0.39 is 0 Å². The zero-order valence-electron chi connectivity index (χ0n) is 58.2. The second kappa shape index (κ2) is 23.4. The zero-order valence-corrected chi connectivity index (χ0v) is 58.2. The van der Waals surface area contributed by atoms with Crippen LogP contribution in [0.1, 0.15) is 0 Å². The Balaban J connectivity index is 0.809. The highest BCUT2D eigenvalue weighted by molar-refractivity contribution is 6.17. The van der Waals surface area contributed by atoms with E-state index in [1.165, 1.54) is 43.1 Å². The fraction of sp³-hybridized carbons (Fsp3) is 0. The third-order valence-corrected chi connectivity index (χ3v) is 22.4. The van der Waals surface area contributed by atoms with Crippen molar-refractivity contribution in [2.75, 3.05) is 0 Å². The minimum atomic E-state index is 0.632. The Morgan fingerprint density at radius 1 is 0.148 bits per heavy atom. The lowest BCUT2D eigenvalue weighted by molar-refractivity contribution is 1.01. The van der Waals surface area contributed by atoms with Gasteiger partial charge in [0.05, 0.1) is 77.6 Å². The number of pyridine rings is 1. The first-order valence-electron chi connectivity index (χ1n) is 36.8. The van der Waals surface area contributed by atoms with E-state index in [-0.39, 0.29) is 0 Å². The second-order valence-electron chi connectivity index (χ2n) is 28.3. The summed E-state index contributed by atoms with van der Waals surface area (Å²) in [6, 6.07) is 135. The lowest BCUT2D eigenvalue weighted by Gasteiger charge is -2.16. The van der Waals surface area contributed by atoms with Gasteiger partial charge in [0.15, 0.2) is 5.82 Å². The third kappa shape index (κ3) is 9.03. The standard InChI is InChI=1S/C99H61N9/c1-3-24-62(25-4-1)83-61-84(63-26-5-2-6-27-63)101-99(100-83)65-29-23-28-64(54-65)66-55-97(107-93-50-46-67(103-85-38-15-7-30-71(85)72-31-8-16-39-86(72)103)57-79(93)80-58-68(47-51-94(80)107)104-87-40-17-9-32-73(87)74-33-10-18-41-88(74)104)102-98(56-66)108-95-52-48-69(105-89-42-19-11-34-75(89)76-35-12-20-43-90(76)105)59-81(95)82-60-70(49-53-96(82)108)106-91-44-21-13-36-77(91)78-37-14-22-45-92(78)106/h1-61H. The average Bonchev–Trinajstić information content (AvgIpc) is 1.58. The smallest absolute Gasteiger partial charge is 0.160 e. The van der Waals surface area contributed by atoms with E-state index in [4.69, 9.17) is 15.0 Å². The third-order valence-electron chi connectivity index (χ3n) is 22.4. The van der Waals surface area contributed by atoms with E-state index in [2.05, 4.69) is 385 Å². The molecule has 0 saturated heterocycles. The van der Waals surface area contributed by atoms with Gasteiger partial charge >= 0.3 is 0 Å². The van der Waals surface area contributed by atoms with Gasteiger partial charge in [-0.05, 0) is 157 Å². The van der Waals surface area contributed by atoms with Crippen LogP contribution in [-0.4, -0.2) is 42.4 Å². The number of fused-ring (bicyclic) bond motifs is 18. The van der Waals surface area contributed by atoms with Crippen LogP contribution in [-0.2, 0) is 0 Å². The molecule has 108 heavy (non-hydrogen) atoms. The molecule has 0 saturated carbocycles. The van der Waals surface area contributed by atoms with Crippen LogP contribution < -0.4 is 0 Å². The molecule has 0 radical (unpaired) electrons. The molecule has 502 valence electrons. The van der Waals surface area contributed by atoms with Crippen molar-refractivity contribution in [2.24, 2.45) is 0 Å². The zero-order chi connectivity index (χ0) is 70.7. The van der Waals surface area contributed by atoms with Crippen LogP contribution in [0.2, 0.25) is 0 Å². The molecular formula is C99H61N9. The van der Waals surface area contributed by atoms with Crippen LogP contribution in [0.5, 0.6) is 0 Å². The lowest BCUT2D eigenvalue weighted by Crippen LogP contribution is -2.05. The molecule has 0 aliphatic carbocycles. The highest BCUT2D eigenvalue weighted by Crippen LogP contribution is 2.45. The second-order valence-corrected chi connectivity index (χ2v) is 28.3. The van der Waals surface area contributed by atoms with Crippen molar-refractivity contribution in [2.45, 2.75) is 0 Å². The van der Waals surface area contributed by atoms with Crippen LogP contribution >= 0.6 is 0 Å². The van der Waals surface area contributed by atoms with Crippen LogP contribution in [0.4, 0.5) is 0 Å². The number of hydrogen-bond acceptors (Lipinski definition) is 3. The first kappa shape index (κ1) is 59.8. The molecule has 23 rings (SSSR count). The van der Waals surface area contributed by atoms with E-state index in [1.54, 1.807) is 0 Å². The topological polar surface area (TPSA) is 68.2 Å². The summed E-state index contributed by atoms with van der Waals surface area (Å²) >= 11 is 0. The van der Waals surface area contributed by atoms with Gasteiger partial charge in [0.2, 0.25) is 0 Å². The molecule has 23 aromatic rings. The summed E-state index contributed by atoms with van der Waals surface area (Å²) in [6.07, 6.45) is 0. The normalized spacial score (nSPS) is 12.1. The number of hydrogen-bond donors (Lipinski definition) is 0. The van der Waals surface area contributed by atoms with E-state index >= 15 is 0 Å². The van der Waals surface area contributed by atoms with E-state index in [0.717, 1.165) is 161 Å². The van der Waals surface area contributed by atoms with Crippen LogP contribution in [0.3, 0.4) is 0 Å². The number of rotatable bonds is 10. The molecule has 0 fully saturated rings. The van der Waals surface area contributed by atoms with Crippen molar-refractivity contribution in [3.05, 3.63) is 370 Å². The first-order chi connectivity index (χ1) is 53.6. The molecule has 9 nitrogen and oxygen atoms in total. The largest absolute Gasteiger partial charge is 0.309 e. The lowest BCUT2D eigenvalue weighted by atomic mass is 10.0. The number of aromatic nitrogens is 9. The fourth-order valence-electron chi connectivity index (χ4n) is 17.7. The minimum Gasteiger partial charge on any atom is -0.309 e. The highest BCUT2D eigenvalue weighted by atomic mass is 15.1. The van der Waals surface area contributed by atoms with Gasteiger partial charge in [0.1, 0.15) is 11.6 Å². The Hall–Kier alpha value is -14.7. The Kier molecular flexibility index (Phi) is 13.0. The summed E-state index contributed by atoms with van der Waals surface area (Å²) in [7, 11) is 0. The quantitative estimate of drug-likeness (QED) is 0.137. The van der Waals surface area contributed by atoms with Crippen molar-refractivity contribution in [3.63, 3.8) is 0 Å². The molecule has 0 aliphatic rings. The minimum absolute atomic E-state index is 0.632. The SMILES string of the molecule is c1ccc(-c2cc(-c3ccccc3)nc(-c3cccc(-c4cc(-n5c6ccc(-n7c8ccccc8c8ccccc87)cc6c6cc(-n7c8ccccc8c8ccccc87)ccc65)nc(-n5c6ccc(-n7c8ccccc8c8ccccc87)cc6c6cc(-n7c8ccccc8c8ccccc87)ccc65)c4)c3)n2)cc1. The molecule has 0 bridgehead atoms. The number of para-hydroxylation sites is 8. The Morgan fingerprint density at radius 3 is 0.694 bits per heavy atom. The van der Waals surface area contributed by atoms with Crippen molar-refractivity contribution in [3.8, 4) is 79.4 Å². The summed E-state index contributed by atoms with van der Waals surface area (Å²) in [4.78, 5) is 16.9. The molecule has 15 aromatic carbocycles.